The number of hydrogen-bond donors (Lipinski definition) is 0. The molecule has 0 amide bonds. The van der Waals surface area contributed by atoms with Crippen molar-refractivity contribution >= 4 is 27.9 Å². The molecule has 0 spiro atoms. The zero-order chi connectivity index (χ0) is 16.2. The molecule has 23 heavy (non-hydrogen) atoms. The third-order valence-corrected chi connectivity index (χ3v) is 6.74. The molecule has 3 nitrogen and oxygen atoms in total. The predicted octanol–water partition coefficient (Wildman–Crippen LogP) is 4.66. The number of benzene rings is 1. The first kappa shape index (κ1) is 17.6. The third-order valence-electron chi connectivity index (χ3n) is 5.11. The molecule has 0 unspecified atom stereocenters. The lowest BCUT2D eigenvalue weighted by molar-refractivity contribution is 0.103. The first-order chi connectivity index (χ1) is 11.2. The van der Waals surface area contributed by atoms with Gasteiger partial charge in [-0.05, 0) is 74.8 Å². The summed E-state index contributed by atoms with van der Waals surface area (Å²) in [6, 6.07) is 7.02. The van der Waals surface area contributed by atoms with E-state index in [0.717, 1.165) is 35.3 Å². The second-order valence-electron chi connectivity index (χ2n) is 6.77. The molecular weight excluding hydrogens is 372 g/mol. The highest BCUT2D eigenvalue weighted by molar-refractivity contribution is 9.10. The van der Waals surface area contributed by atoms with Crippen molar-refractivity contribution in [2.45, 2.75) is 43.5 Å². The van der Waals surface area contributed by atoms with Gasteiger partial charge in [-0.2, -0.15) is 0 Å². The second-order valence-corrected chi connectivity index (χ2v) is 8.82. The Bertz CT molecular complexity index is 512. The maximum absolute atomic E-state index is 5.49. The molecule has 1 aromatic rings. The van der Waals surface area contributed by atoms with Gasteiger partial charge in [-0.15, -0.1) is 0 Å². The van der Waals surface area contributed by atoms with Gasteiger partial charge >= 0.3 is 0 Å². The van der Waals surface area contributed by atoms with E-state index in [2.05, 4.69) is 38.1 Å². The van der Waals surface area contributed by atoms with Crippen molar-refractivity contribution in [2.75, 3.05) is 33.3 Å². The Labute approximate surface area is 153 Å². The summed E-state index contributed by atoms with van der Waals surface area (Å²) in [4.78, 5) is 3.94. The highest BCUT2D eigenvalue weighted by atomic mass is 79.9. The Balaban J connectivity index is 1.52. The van der Waals surface area contributed by atoms with E-state index in [1.54, 1.807) is 7.11 Å². The van der Waals surface area contributed by atoms with Crippen LogP contribution in [0.15, 0.2) is 27.6 Å². The van der Waals surface area contributed by atoms with Crippen molar-refractivity contribution < 1.29 is 4.74 Å². The molecule has 5 heteroatoms. The predicted molar refractivity (Wildman–Crippen MR) is 101 cm³/mol. The minimum atomic E-state index is 0.795. The molecule has 128 valence electrons. The first-order valence-corrected chi connectivity index (χ1v) is 10.2. The monoisotopic (exact) mass is 398 g/mol. The largest absolute Gasteiger partial charge is 0.496 e. The van der Waals surface area contributed by atoms with Crippen molar-refractivity contribution in [1.29, 1.82) is 0 Å². The minimum Gasteiger partial charge on any atom is -0.496 e. The molecule has 2 saturated heterocycles. The lowest BCUT2D eigenvalue weighted by atomic mass is 9.95. The van der Waals surface area contributed by atoms with Crippen LogP contribution in [0.3, 0.4) is 0 Å². The van der Waals surface area contributed by atoms with Crippen molar-refractivity contribution in [1.82, 2.24) is 9.21 Å². The summed E-state index contributed by atoms with van der Waals surface area (Å²) in [5, 5.41) is 0. The van der Waals surface area contributed by atoms with Crippen LogP contribution in [0.4, 0.5) is 0 Å². The smallest absolute Gasteiger partial charge is 0.133 e. The van der Waals surface area contributed by atoms with Gasteiger partial charge in [-0.3, -0.25) is 0 Å². The molecule has 2 aliphatic heterocycles. The summed E-state index contributed by atoms with van der Waals surface area (Å²) in [5.41, 5.74) is 0. The van der Waals surface area contributed by atoms with Gasteiger partial charge < -0.3 is 9.64 Å². The third kappa shape index (κ3) is 4.65. The quantitative estimate of drug-likeness (QED) is 0.684. The lowest BCUT2D eigenvalue weighted by Gasteiger charge is -2.41. The molecular formula is C18H27BrN2OS. The van der Waals surface area contributed by atoms with E-state index in [1.807, 2.05) is 24.1 Å². The fourth-order valence-electron chi connectivity index (χ4n) is 3.55. The topological polar surface area (TPSA) is 15.7 Å². The minimum absolute atomic E-state index is 0.795. The fourth-order valence-corrected chi connectivity index (χ4v) is 5.16. The second kappa shape index (κ2) is 8.24. The maximum Gasteiger partial charge on any atom is 0.133 e. The molecule has 0 N–H and O–H groups in total. The summed E-state index contributed by atoms with van der Waals surface area (Å²) < 4.78 is 9.09. The number of hydrogen-bond acceptors (Lipinski definition) is 4. The first-order valence-electron chi connectivity index (χ1n) is 8.66. The Morgan fingerprint density at radius 1 is 1.09 bits per heavy atom. The van der Waals surface area contributed by atoms with Crippen LogP contribution in [0, 0.1) is 5.92 Å². The lowest BCUT2D eigenvalue weighted by Crippen LogP contribution is -2.46. The van der Waals surface area contributed by atoms with Crippen molar-refractivity contribution in [2.24, 2.45) is 5.92 Å². The highest BCUT2D eigenvalue weighted by Gasteiger charge is 2.27. The van der Waals surface area contributed by atoms with Crippen LogP contribution >= 0.6 is 27.9 Å². The van der Waals surface area contributed by atoms with E-state index in [-0.39, 0.29) is 0 Å². The Morgan fingerprint density at radius 3 is 2.43 bits per heavy atom. The van der Waals surface area contributed by atoms with Gasteiger partial charge in [0.1, 0.15) is 5.75 Å². The summed E-state index contributed by atoms with van der Waals surface area (Å²) in [6.45, 7) is 7.33. The Kier molecular flexibility index (Phi) is 6.30. The molecule has 0 aromatic heterocycles. The Hall–Kier alpha value is -0.230. The number of nitrogens with zero attached hydrogens (tertiary/aromatic N) is 2. The van der Waals surface area contributed by atoms with Gasteiger partial charge in [-0.25, -0.2) is 4.31 Å². The SMILES string of the molecule is COc1ccc(Br)cc1SN1CCC(N2CCC(C)CC2)CC1. The molecule has 0 bridgehead atoms. The standard InChI is InChI=1S/C18H27BrN2OS/c1-14-5-9-20(10-6-14)16-7-11-21(12-8-16)23-18-13-15(19)3-4-17(18)22-2/h3-4,13-14,16H,5-12H2,1-2H3. The zero-order valence-electron chi connectivity index (χ0n) is 14.1. The van der Waals surface area contributed by atoms with Crippen molar-refractivity contribution in [3.8, 4) is 5.75 Å². The van der Waals surface area contributed by atoms with Crippen LogP contribution in [0.1, 0.15) is 32.6 Å². The average Bonchev–Trinajstić information content (AvgIpc) is 2.57. The number of piperidine rings is 2. The summed E-state index contributed by atoms with van der Waals surface area (Å²) in [5.74, 6) is 1.89. The van der Waals surface area contributed by atoms with Gasteiger partial charge in [0, 0.05) is 23.6 Å². The van der Waals surface area contributed by atoms with E-state index >= 15 is 0 Å². The summed E-state index contributed by atoms with van der Waals surface area (Å²) in [6.07, 6.45) is 5.34. The number of rotatable bonds is 4. The molecule has 2 aliphatic rings. The van der Waals surface area contributed by atoms with Crippen molar-refractivity contribution in [3.63, 3.8) is 0 Å². The number of ether oxygens (including phenoxy) is 1. The maximum atomic E-state index is 5.49. The molecule has 0 radical (unpaired) electrons. The summed E-state index contributed by atoms with van der Waals surface area (Å²) >= 11 is 5.40. The van der Waals surface area contributed by atoms with Gasteiger partial charge in [-0.1, -0.05) is 22.9 Å². The molecule has 2 fully saturated rings. The van der Waals surface area contributed by atoms with Gasteiger partial charge in [0.05, 0.1) is 12.0 Å². The van der Waals surface area contributed by atoms with E-state index in [9.17, 15) is 0 Å². The van der Waals surface area contributed by atoms with E-state index in [4.69, 9.17) is 4.74 Å². The van der Waals surface area contributed by atoms with E-state index in [0.29, 0.717) is 0 Å². The van der Waals surface area contributed by atoms with Crippen LogP contribution < -0.4 is 4.74 Å². The van der Waals surface area contributed by atoms with Crippen LogP contribution in [0.25, 0.3) is 0 Å². The summed E-state index contributed by atoms with van der Waals surface area (Å²) in [7, 11) is 1.75. The molecule has 1 aromatic carbocycles. The van der Waals surface area contributed by atoms with Gasteiger partial charge in [0.2, 0.25) is 0 Å². The molecule has 0 atom stereocenters. The van der Waals surface area contributed by atoms with Gasteiger partial charge in [0.15, 0.2) is 0 Å². The average molecular weight is 399 g/mol. The number of likely N-dealkylation sites (tertiary alicyclic amines) is 1. The van der Waals surface area contributed by atoms with Gasteiger partial charge in [0.25, 0.3) is 0 Å². The highest BCUT2D eigenvalue weighted by Crippen LogP contribution is 2.36. The van der Waals surface area contributed by atoms with Crippen LogP contribution in [-0.2, 0) is 0 Å². The van der Waals surface area contributed by atoms with Crippen LogP contribution in [0.5, 0.6) is 5.75 Å². The molecule has 3 rings (SSSR count). The fraction of sp³-hybridized carbons (Fsp3) is 0.667. The number of halogens is 1. The molecule has 0 aliphatic carbocycles. The molecule has 2 heterocycles. The zero-order valence-corrected chi connectivity index (χ0v) is 16.5. The van der Waals surface area contributed by atoms with E-state index < -0.39 is 0 Å². The van der Waals surface area contributed by atoms with E-state index in [1.165, 1.54) is 43.7 Å². The Morgan fingerprint density at radius 2 is 1.78 bits per heavy atom. The number of methoxy groups -OCH3 is 1. The normalized spacial score (nSPS) is 22.4. The van der Waals surface area contributed by atoms with Crippen molar-refractivity contribution in [3.05, 3.63) is 22.7 Å². The van der Waals surface area contributed by atoms with Crippen LogP contribution in [-0.4, -0.2) is 48.5 Å². The van der Waals surface area contributed by atoms with Crippen LogP contribution in [0.2, 0.25) is 0 Å². The molecule has 0 saturated carbocycles.